The number of nitrogens with zero attached hydrogens (tertiary/aromatic N) is 2. The summed E-state index contributed by atoms with van der Waals surface area (Å²) < 4.78 is 1.89. The van der Waals surface area contributed by atoms with Gasteiger partial charge in [-0.15, -0.1) is 0 Å². The third kappa shape index (κ3) is 2.69. The van der Waals surface area contributed by atoms with E-state index in [2.05, 4.69) is 17.3 Å². The Bertz CT molecular complexity index is 363. The quantitative estimate of drug-likeness (QED) is 0.824. The van der Waals surface area contributed by atoms with Crippen LogP contribution in [0.5, 0.6) is 0 Å². The van der Waals surface area contributed by atoms with Gasteiger partial charge in [-0.05, 0) is 44.2 Å². The number of aliphatic hydroxyl groups is 1. The van der Waals surface area contributed by atoms with Gasteiger partial charge in [0.25, 0.3) is 0 Å². The third-order valence-corrected chi connectivity index (χ3v) is 4.11. The molecule has 4 heteroatoms. The maximum absolute atomic E-state index is 10.8. The number of hydrogen-bond donors (Lipinski definition) is 2. The van der Waals surface area contributed by atoms with Crippen molar-refractivity contribution in [2.75, 3.05) is 13.1 Å². The van der Waals surface area contributed by atoms with Crippen LogP contribution in [0.1, 0.15) is 31.9 Å². The Labute approximate surface area is 103 Å². The van der Waals surface area contributed by atoms with Crippen LogP contribution in [-0.4, -0.2) is 33.6 Å². The third-order valence-electron chi connectivity index (χ3n) is 4.11. The number of nitrogens with one attached hydrogen (secondary N) is 1. The maximum atomic E-state index is 10.8. The zero-order valence-electron chi connectivity index (χ0n) is 10.8. The van der Waals surface area contributed by atoms with E-state index in [9.17, 15) is 5.11 Å². The summed E-state index contributed by atoms with van der Waals surface area (Å²) >= 11 is 0. The fourth-order valence-corrected chi connectivity index (χ4v) is 2.82. The van der Waals surface area contributed by atoms with Crippen molar-refractivity contribution in [1.29, 1.82) is 0 Å². The molecule has 17 heavy (non-hydrogen) atoms. The smallest absolute Gasteiger partial charge is 0.0703 e. The Balaban J connectivity index is 1.98. The van der Waals surface area contributed by atoms with E-state index in [0.717, 1.165) is 38.8 Å². The van der Waals surface area contributed by atoms with E-state index in [-0.39, 0.29) is 0 Å². The average molecular weight is 237 g/mol. The van der Waals surface area contributed by atoms with E-state index in [1.165, 1.54) is 5.69 Å². The summed E-state index contributed by atoms with van der Waals surface area (Å²) in [6, 6.07) is 2.03. The number of hydrogen-bond acceptors (Lipinski definition) is 3. The minimum absolute atomic E-state index is 0.379. The maximum Gasteiger partial charge on any atom is 0.0703 e. The molecule has 2 atom stereocenters. The van der Waals surface area contributed by atoms with E-state index >= 15 is 0 Å². The van der Waals surface area contributed by atoms with E-state index in [4.69, 9.17) is 0 Å². The highest BCUT2D eigenvalue weighted by atomic mass is 16.3. The first-order valence-electron chi connectivity index (χ1n) is 6.55. The van der Waals surface area contributed by atoms with Gasteiger partial charge in [-0.3, -0.25) is 4.68 Å². The van der Waals surface area contributed by atoms with Crippen LogP contribution in [0.15, 0.2) is 12.3 Å². The van der Waals surface area contributed by atoms with Gasteiger partial charge in [0.05, 0.1) is 5.60 Å². The molecule has 1 aromatic heterocycles. The standard InChI is InChI=1S/C13H23N3O/c1-3-11-10-14-9-7-13(11,17)6-4-12-5-8-15-16(12)2/h5,8,11,14,17H,3-4,6-7,9-10H2,1-2H3. The van der Waals surface area contributed by atoms with Gasteiger partial charge in [0.15, 0.2) is 0 Å². The van der Waals surface area contributed by atoms with Gasteiger partial charge in [0, 0.05) is 25.5 Å². The van der Waals surface area contributed by atoms with E-state index < -0.39 is 5.60 Å². The van der Waals surface area contributed by atoms with Crippen molar-refractivity contribution >= 4 is 0 Å². The van der Waals surface area contributed by atoms with Gasteiger partial charge in [-0.2, -0.15) is 5.10 Å². The highest BCUT2D eigenvalue weighted by molar-refractivity contribution is 5.03. The van der Waals surface area contributed by atoms with E-state index in [1.807, 2.05) is 24.0 Å². The molecule has 1 saturated heterocycles. The molecule has 1 aliphatic rings. The van der Waals surface area contributed by atoms with Crippen LogP contribution in [0.2, 0.25) is 0 Å². The lowest BCUT2D eigenvalue weighted by atomic mass is 9.77. The molecule has 0 radical (unpaired) electrons. The number of rotatable bonds is 4. The molecule has 0 saturated carbocycles. The summed E-state index contributed by atoms with van der Waals surface area (Å²) in [7, 11) is 1.96. The van der Waals surface area contributed by atoms with Gasteiger partial charge in [-0.25, -0.2) is 0 Å². The summed E-state index contributed by atoms with van der Waals surface area (Å²) in [6.45, 7) is 4.03. The van der Waals surface area contributed by atoms with Crippen molar-refractivity contribution in [3.05, 3.63) is 18.0 Å². The highest BCUT2D eigenvalue weighted by Crippen LogP contribution is 2.31. The lowest BCUT2D eigenvalue weighted by Gasteiger charge is -2.40. The first kappa shape index (κ1) is 12.6. The molecule has 0 aromatic carbocycles. The second-order valence-corrected chi connectivity index (χ2v) is 5.11. The van der Waals surface area contributed by atoms with Crippen LogP contribution < -0.4 is 5.32 Å². The second kappa shape index (κ2) is 5.19. The molecular weight excluding hydrogens is 214 g/mol. The topological polar surface area (TPSA) is 50.1 Å². The fraction of sp³-hybridized carbons (Fsp3) is 0.769. The van der Waals surface area contributed by atoms with Gasteiger partial charge >= 0.3 is 0 Å². The molecule has 4 nitrogen and oxygen atoms in total. The summed E-state index contributed by atoms with van der Waals surface area (Å²) in [6.07, 6.45) is 5.47. The molecular formula is C13H23N3O. The largest absolute Gasteiger partial charge is 0.389 e. The molecule has 0 bridgehead atoms. The molecule has 2 N–H and O–H groups in total. The molecule has 2 rings (SSSR count). The molecule has 96 valence electrons. The number of piperidine rings is 1. The van der Waals surface area contributed by atoms with Crippen molar-refractivity contribution in [2.24, 2.45) is 13.0 Å². The Hall–Kier alpha value is -0.870. The summed E-state index contributed by atoms with van der Waals surface area (Å²) in [5.41, 5.74) is 0.705. The summed E-state index contributed by atoms with van der Waals surface area (Å²) in [4.78, 5) is 0. The van der Waals surface area contributed by atoms with Gasteiger partial charge < -0.3 is 10.4 Å². The Kier molecular flexibility index (Phi) is 3.84. The Morgan fingerprint density at radius 3 is 3.12 bits per heavy atom. The van der Waals surface area contributed by atoms with Crippen LogP contribution in [-0.2, 0) is 13.5 Å². The zero-order chi connectivity index (χ0) is 12.3. The van der Waals surface area contributed by atoms with Crippen molar-refractivity contribution in [1.82, 2.24) is 15.1 Å². The molecule has 2 heterocycles. The Morgan fingerprint density at radius 2 is 2.47 bits per heavy atom. The van der Waals surface area contributed by atoms with Crippen LogP contribution >= 0.6 is 0 Å². The van der Waals surface area contributed by atoms with Crippen LogP contribution in [0.25, 0.3) is 0 Å². The lowest BCUT2D eigenvalue weighted by Crippen LogP contribution is -2.50. The molecule has 0 aliphatic carbocycles. The number of aromatic nitrogens is 2. The number of aryl methyl sites for hydroxylation is 2. The molecule has 1 aliphatic heterocycles. The highest BCUT2D eigenvalue weighted by Gasteiger charge is 2.37. The first-order chi connectivity index (χ1) is 8.15. The predicted octanol–water partition coefficient (Wildman–Crippen LogP) is 1.10. The van der Waals surface area contributed by atoms with Gasteiger partial charge in [-0.1, -0.05) is 6.92 Å². The second-order valence-electron chi connectivity index (χ2n) is 5.11. The molecule has 1 fully saturated rings. The Morgan fingerprint density at radius 1 is 1.65 bits per heavy atom. The predicted molar refractivity (Wildman–Crippen MR) is 67.7 cm³/mol. The van der Waals surface area contributed by atoms with E-state index in [1.54, 1.807) is 0 Å². The van der Waals surface area contributed by atoms with Crippen LogP contribution in [0.4, 0.5) is 0 Å². The van der Waals surface area contributed by atoms with Crippen molar-refractivity contribution < 1.29 is 5.11 Å². The van der Waals surface area contributed by atoms with Crippen molar-refractivity contribution in [2.45, 2.75) is 38.2 Å². The zero-order valence-corrected chi connectivity index (χ0v) is 10.8. The molecule has 0 spiro atoms. The van der Waals surface area contributed by atoms with Crippen LogP contribution in [0.3, 0.4) is 0 Å². The summed E-state index contributed by atoms with van der Waals surface area (Å²) in [5.74, 6) is 0.379. The van der Waals surface area contributed by atoms with Gasteiger partial charge in [0.1, 0.15) is 0 Å². The van der Waals surface area contributed by atoms with E-state index in [0.29, 0.717) is 5.92 Å². The minimum atomic E-state index is -0.496. The SMILES string of the molecule is CCC1CNCCC1(O)CCc1ccnn1C. The minimum Gasteiger partial charge on any atom is -0.389 e. The molecule has 2 unspecified atom stereocenters. The fourth-order valence-electron chi connectivity index (χ4n) is 2.82. The monoisotopic (exact) mass is 237 g/mol. The van der Waals surface area contributed by atoms with Crippen LogP contribution in [0, 0.1) is 5.92 Å². The molecule has 0 amide bonds. The lowest BCUT2D eigenvalue weighted by molar-refractivity contribution is -0.0486. The van der Waals surface area contributed by atoms with Gasteiger partial charge in [0.2, 0.25) is 0 Å². The van der Waals surface area contributed by atoms with Crippen molar-refractivity contribution in [3.63, 3.8) is 0 Å². The average Bonchev–Trinajstić information content (AvgIpc) is 2.73. The normalized spacial score (nSPS) is 29.5. The first-order valence-corrected chi connectivity index (χ1v) is 6.55. The van der Waals surface area contributed by atoms with Crippen molar-refractivity contribution in [3.8, 4) is 0 Å². The molecule has 1 aromatic rings. The summed E-state index contributed by atoms with van der Waals surface area (Å²) in [5, 5.41) is 18.3.